The average Bonchev–Trinajstić information content (AvgIpc) is 3.11. The number of esters is 3. The topological polar surface area (TPSA) is 78.9 Å². The van der Waals surface area contributed by atoms with Crippen LogP contribution in [0, 0.1) is 0 Å². The number of hydrogen-bond donors (Lipinski definition) is 0. The first-order valence-corrected chi connectivity index (χ1v) is 9.23. The van der Waals surface area contributed by atoms with E-state index in [0.717, 1.165) is 0 Å². The molecule has 0 aromatic heterocycles. The molecule has 150 valence electrons. The van der Waals surface area contributed by atoms with Crippen LogP contribution >= 0.6 is 0 Å². The lowest BCUT2D eigenvalue weighted by Crippen LogP contribution is -2.33. The molecular formula is C24H18O6. The first kappa shape index (κ1) is 19.4. The van der Waals surface area contributed by atoms with Crippen molar-refractivity contribution in [1.29, 1.82) is 0 Å². The Bertz CT molecular complexity index is 1100. The predicted octanol–water partition coefficient (Wildman–Crippen LogP) is 3.72. The number of carbonyl (C=O) groups excluding carboxylic acids is 3. The highest BCUT2D eigenvalue weighted by Crippen LogP contribution is 2.49. The number of benzene rings is 3. The monoisotopic (exact) mass is 402 g/mol. The van der Waals surface area contributed by atoms with E-state index in [2.05, 4.69) is 0 Å². The molecule has 0 saturated heterocycles. The highest BCUT2D eigenvalue weighted by Gasteiger charge is 2.51. The summed E-state index contributed by atoms with van der Waals surface area (Å²) in [5.41, 5.74) is 0.606. The molecule has 0 spiro atoms. The van der Waals surface area contributed by atoms with E-state index in [1.54, 1.807) is 72.8 Å². The SMILES string of the molecule is COC(=O)c1ccccc1C1(c2ccccc2C(=O)OC)OC(=O)c2ccccc21. The van der Waals surface area contributed by atoms with Crippen molar-refractivity contribution >= 4 is 17.9 Å². The second kappa shape index (κ2) is 7.48. The summed E-state index contributed by atoms with van der Waals surface area (Å²) < 4.78 is 15.9. The van der Waals surface area contributed by atoms with Crippen molar-refractivity contribution in [3.05, 3.63) is 106 Å². The van der Waals surface area contributed by atoms with E-state index in [-0.39, 0.29) is 11.1 Å². The molecule has 0 aliphatic carbocycles. The van der Waals surface area contributed by atoms with Gasteiger partial charge in [0.05, 0.1) is 30.9 Å². The first-order valence-electron chi connectivity index (χ1n) is 9.23. The van der Waals surface area contributed by atoms with E-state index in [1.165, 1.54) is 14.2 Å². The fourth-order valence-corrected chi connectivity index (χ4v) is 3.92. The summed E-state index contributed by atoms with van der Waals surface area (Å²) in [4.78, 5) is 38.0. The van der Waals surface area contributed by atoms with Gasteiger partial charge in [0.15, 0.2) is 5.60 Å². The third kappa shape index (κ3) is 2.76. The molecular weight excluding hydrogens is 384 g/mol. The molecule has 1 aliphatic heterocycles. The van der Waals surface area contributed by atoms with Crippen LogP contribution in [0.5, 0.6) is 0 Å². The molecule has 1 heterocycles. The summed E-state index contributed by atoms with van der Waals surface area (Å²) >= 11 is 0. The maximum absolute atomic E-state index is 12.9. The van der Waals surface area contributed by atoms with Gasteiger partial charge in [-0.15, -0.1) is 0 Å². The molecule has 6 heteroatoms. The number of cyclic esters (lactones) is 1. The second-order valence-corrected chi connectivity index (χ2v) is 6.69. The van der Waals surface area contributed by atoms with Gasteiger partial charge in [-0.25, -0.2) is 14.4 Å². The average molecular weight is 402 g/mol. The van der Waals surface area contributed by atoms with Crippen LogP contribution in [0.2, 0.25) is 0 Å². The van der Waals surface area contributed by atoms with Gasteiger partial charge in [0.1, 0.15) is 0 Å². The molecule has 0 fully saturated rings. The summed E-state index contributed by atoms with van der Waals surface area (Å²) in [6, 6.07) is 20.3. The van der Waals surface area contributed by atoms with Crippen molar-refractivity contribution < 1.29 is 28.6 Å². The normalized spacial score (nSPS) is 13.9. The Labute approximate surface area is 173 Å². The van der Waals surface area contributed by atoms with Gasteiger partial charge in [0.25, 0.3) is 0 Å². The number of carbonyl (C=O) groups is 3. The lowest BCUT2D eigenvalue weighted by molar-refractivity contribution is 0.0232. The Morgan fingerprint density at radius 1 is 0.700 bits per heavy atom. The quantitative estimate of drug-likeness (QED) is 0.489. The van der Waals surface area contributed by atoms with E-state index < -0.39 is 23.5 Å². The van der Waals surface area contributed by atoms with E-state index >= 15 is 0 Å². The standard InChI is InChI=1S/C24H18O6/c1-28-21(25)15-9-3-6-12-18(15)24(19-13-7-4-10-16(19)22(26)29-2)20-14-8-5-11-17(20)23(27)30-24/h3-14H,1-2H3. The van der Waals surface area contributed by atoms with E-state index in [4.69, 9.17) is 14.2 Å². The molecule has 6 nitrogen and oxygen atoms in total. The maximum atomic E-state index is 12.9. The predicted molar refractivity (Wildman–Crippen MR) is 107 cm³/mol. The van der Waals surface area contributed by atoms with Crippen LogP contribution in [0.3, 0.4) is 0 Å². The third-order valence-corrected chi connectivity index (χ3v) is 5.20. The van der Waals surface area contributed by atoms with Crippen LogP contribution in [0.4, 0.5) is 0 Å². The Morgan fingerprint density at radius 2 is 1.13 bits per heavy atom. The number of ether oxygens (including phenoxy) is 3. The smallest absolute Gasteiger partial charge is 0.340 e. The zero-order chi connectivity index (χ0) is 21.3. The van der Waals surface area contributed by atoms with Gasteiger partial charge < -0.3 is 14.2 Å². The van der Waals surface area contributed by atoms with E-state index in [9.17, 15) is 14.4 Å². The van der Waals surface area contributed by atoms with Gasteiger partial charge in [-0.2, -0.15) is 0 Å². The summed E-state index contributed by atoms with van der Waals surface area (Å²) in [7, 11) is 2.56. The molecule has 4 rings (SSSR count). The summed E-state index contributed by atoms with van der Waals surface area (Å²) in [6.07, 6.45) is 0. The van der Waals surface area contributed by atoms with Crippen molar-refractivity contribution in [1.82, 2.24) is 0 Å². The van der Waals surface area contributed by atoms with Gasteiger partial charge in [-0.05, 0) is 18.2 Å². The Kier molecular flexibility index (Phi) is 4.83. The number of methoxy groups -OCH3 is 2. The maximum Gasteiger partial charge on any atom is 0.340 e. The van der Waals surface area contributed by atoms with Gasteiger partial charge in [0, 0.05) is 16.7 Å². The highest BCUT2D eigenvalue weighted by atomic mass is 16.6. The molecule has 0 saturated carbocycles. The van der Waals surface area contributed by atoms with Crippen LogP contribution in [0.1, 0.15) is 47.8 Å². The molecule has 0 amide bonds. The highest BCUT2D eigenvalue weighted by molar-refractivity contribution is 6.00. The molecule has 0 bridgehead atoms. The molecule has 0 N–H and O–H groups in total. The fraction of sp³-hybridized carbons (Fsp3) is 0.125. The zero-order valence-corrected chi connectivity index (χ0v) is 16.4. The molecule has 0 unspecified atom stereocenters. The van der Waals surface area contributed by atoms with Crippen LogP contribution in [-0.2, 0) is 19.8 Å². The Hall–Kier alpha value is -3.93. The van der Waals surface area contributed by atoms with Gasteiger partial charge >= 0.3 is 17.9 Å². The summed E-state index contributed by atoms with van der Waals surface area (Å²) in [6.45, 7) is 0. The fourth-order valence-electron chi connectivity index (χ4n) is 3.92. The molecule has 1 aliphatic rings. The van der Waals surface area contributed by atoms with Crippen molar-refractivity contribution in [3.8, 4) is 0 Å². The van der Waals surface area contributed by atoms with Crippen LogP contribution < -0.4 is 0 Å². The summed E-state index contributed by atoms with van der Waals surface area (Å²) in [5, 5.41) is 0. The molecule has 30 heavy (non-hydrogen) atoms. The molecule has 0 radical (unpaired) electrons. The minimum atomic E-state index is -1.52. The minimum absolute atomic E-state index is 0.226. The van der Waals surface area contributed by atoms with Crippen molar-refractivity contribution in [3.63, 3.8) is 0 Å². The lowest BCUT2D eigenvalue weighted by Gasteiger charge is -2.32. The summed E-state index contributed by atoms with van der Waals surface area (Å²) in [5.74, 6) is -1.72. The number of rotatable bonds is 4. The second-order valence-electron chi connectivity index (χ2n) is 6.69. The van der Waals surface area contributed by atoms with Crippen LogP contribution in [0.25, 0.3) is 0 Å². The Balaban J connectivity index is 2.14. The van der Waals surface area contributed by atoms with E-state index in [1.807, 2.05) is 0 Å². The van der Waals surface area contributed by atoms with Gasteiger partial charge in [-0.3, -0.25) is 0 Å². The van der Waals surface area contributed by atoms with E-state index in [0.29, 0.717) is 22.3 Å². The minimum Gasteiger partial charge on any atom is -0.465 e. The van der Waals surface area contributed by atoms with Crippen molar-refractivity contribution in [2.75, 3.05) is 14.2 Å². The first-order chi connectivity index (χ1) is 14.5. The molecule has 3 aromatic rings. The number of hydrogen-bond acceptors (Lipinski definition) is 6. The van der Waals surface area contributed by atoms with Gasteiger partial charge in [-0.1, -0.05) is 54.6 Å². The number of fused-ring (bicyclic) bond motifs is 1. The lowest BCUT2D eigenvalue weighted by atomic mass is 9.76. The van der Waals surface area contributed by atoms with Crippen molar-refractivity contribution in [2.45, 2.75) is 5.60 Å². The largest absolute Gasteiger partial charge is 0.465 e. The Morgan fingerprint density at radius 3 is 1.63 bits per heavy atom. The van der Waals surface area contributed by atoms with Crippen LogP contribution in [0.15, 0.2) is 72.8 Å². The van der Waals surface area contributed by atoms with Crippen molar-refractivity contribution in [2.24, 2.45) is 0 Å². The third-order valence-electron chi connectivity index (χ3n) is 5.20. The van der Waals surface area contributed by atoms with Crippen LogP contribution in [-0.4, -0.2) is 32.1 Å². The zero-order valence-electron chi connectivity index (χ0n) is 16.4. The van der Waals surface area contributed by atoms with Gasteiger partial charge in [0.2, 0.25) is 0 Å². The molecule has 3 aromatic carbocycles. The molecule has 0 atom stereocenters.